The predicted octanol–water partition coefficient (Wildman–Crippen LogP) is 17.2. The van der Waals surface area contributed by atoms with Crippen LogP contribution in [0.15, 0.2) is 48.6 Å². The van der Waals surface area contributed by atoms with Gasteiger partial charge in [-0.3, -0.25) is 4.79 Å². The third-order valence-corrected chi connectivity index (χ3v) is 15.6. The molecule has 1 aliphatic heterocycles. The van der Waals surface area contributed by atoms with Crippen molar-refractivity contribution in [2.75, 3.05) is 13.2 Å². The van der Waals surface area contributed by atoms with Gasteiger partial charge < -0.3 is 40.3 Å². The molecule has 0 bridgehead atoms. The lowest BCUT2D eigenvalue weighted by Crippen LogP contribution is -2.60. The largest absolute Gasteiger partial charge is 0.394 e. The van der Waals surface area contributed by atoms with Gasteiger partial charge >= 0.3 is 0 Å². The molecule has 1 aliphatic rings. The fraction of sp³-hybridized carbons (Fsp3) is 0.866. The number of ether oxygens (including phenoxy) is 2. The van der Waals surface area contributed by atoms with E-state index in [9.17, 15) is 30.3 Å². The smallest absolute Gasteiger partial charge is 0.220 e. The number of nitrogens with one attached hydrogen (secondary N) is 1. The van der Waals surface area contributed by atoms with Crippen LogP contribution in [0.2, 0.25) is 0 Å². The number of allylic oxidation sites excluding steroid dienone is 7. The van der Waals surface area contributed by atoms with Gasteiger partial charge in [-0.05, 0) is 70.6 Å². The van der Waals surface area contributed by atoms with Crippen LogP contribution in [0.25, 0.3) is 0 Å². The molecule has 0 saturated carbocycles. The van der Waals surface area contributed by atoms with Crippen molar-refractivity contribution in [3.05, 3.63) is 48.6 Å². The van der Waals surface area contributed by atoms with Gasteiger partial charge in [-0.1, -0.05) is 287 Å². The number of aliphatic hydroxyl groups excluding tert-OH is 5. The van der Waals surface area contributed by atoms with E-state index in [-0.39, 0.29) is 12.5 Å². The molecule has 0 aromatic heterocycles. The Bertz CT molecular complexity index is 1340. The van der Waals surface area contributed by atoms with Crippen LogP contribution in [0, 0.1) is 0 Å². The summed E-state index contributed by atoms with van der Waals surface area (Å²) in [6.45, 7) is 3.77. The van der Waals surface area contributed by atoms with Crippen LogP contribution in [-0.4, -0.2) is 87.5 Å². The standard InChI is InChI=1S/C67H125NO8/c1-3-5-7-9-11-13-15-17-19-21-22-23-24-25-26-27-28-29-30-31-32-33-34-35-36-37-38-39-40-41-43-45-47-49-51-53-55-57-63(71)68-60(59-75-67-66(74)65(73)64(72)62(58-69)76-67)61(70)56-54-52-50-48-46-44-42-20-18-16-14-12-10-8-6-4-2/h18,20-22,46,48,54,56,60-62,64-67,69-70,72-74H,3-17,19,23-45,47,49-53,55,57-59H2,1-2H3,(H,68,71)/b20-18+,22-21-,48-46+,56-54+. The molecule has 1 fully saturated rings. The minimum absolute atomic E-state index is 0.186. The predicted molar refractivity (Wildman–Crippen MR) is 323 cm³/mol. The summed E-state index contributed by atoms with van der Waals surface area (Å²) < 4.78 is 11.3. The summed E-state index contributed by atoms with van der Waals surface area (Å²) in [5.74, 6) is -0.186. The number of carbonyl (C=O) groups is 1. The quantitative estimate of drug-likeness (QED) is 0.0261. The van der Waals surface area contributed by atoms with Gasteiger partial charge in [-0.2, -0.15) is 0 Å². The molecular formula is C67H125NO8. The van der Waals surface area contributed by atoms with Crippen molar-refractivity contribution >= 4 is 5.91 Å². The van der Waals surface area contributed by atoms with Gasteiger partial charge in [0.25, 0.3) is 0 Å². The fourth-order valence-corrected chi connectivity index (χ4v) is 10.4. The highest BCUT2D eigenvalue weighted by molar-refractivity contribution is 5.76. The SMILES string of the molecule is CCCCCCCC/C=C/CC/C=C/CC/C=C/C(O)C(COC1OC(CO)C(O)C(O)C1O)NC(=O)CCCCCCCCCCCCCCCCCCCCCCCCCCC/C=C\CCCCCCCCCC. The molecule has 7 atom stereocenters. The van der Waals surface area contributed by atoms with Gasteiger partial charge in [0, 0.05) is 6.42 Å². The normalized spacial score (nSPS) is 19.1. The summed E-state index contributed by atoms with van der Waals surface area (Å²) in [7, 11) is 0. The summed E-state index contributed by atoms with van der Waals surface area (Å²) in [6.07, 6.45) is 69.4. The topological polar surface area (TPSA) is 149 Å². The van der Waals surface area contributed by atoms with E-state index in [4.69, 9.17) is 9.47 Å². The number of carbonyl (C=O) groups excluding carboxylic acids is 1. The summed E-state index contributed by atoms with van der Waals surface area (Å²) in [6, 6.07) is -0.827. The van der Waals surface area contributed by atoms with E-state index in [0.717, 1.165) is 51.4 Å². The number of amides is 1. The highest BCUT2D eigenvalue weighted by Crippen LogP contribution is 2.23. The van der Waals surface area contributed by atoms with Crippen molar-refractivity contribution in [2.24, 2.45) is 0 Å². The minimum atomic E-state index is -1.57. The van der Waals surface area contributed by atoms with Gasteiger partial charge in [-0.15, -0.1) is 0 Å². The Labute approximate surface area is 469 Å². The molecule has 7 unspecified atom stereocenters. The molecule has 0 aliphatic carbocycles. The van der Waals surface area contributed by atoms with Crippen molar-refractivity contribution in [1.29, 1.82) is 0 Å². The van der Waals surface area contributed by atoms with Crippen molar-refractivity contribution in [3.63, 3.8) is 0 Å². The molecule has 0 spiro atoms. The van der Waals surface area contributed by atoms with Crippen molar-refractivity contribution in [3.8, 4) is 0 Å². The maximum absolute atomic E-state index is 13.1. The third kappa shape index (κ3) is 44.9. The molecule has 1 saturated heterocycles. The van der Waals surface area contributed by atoms with E-state index < -0.39 is 49.5 Å². The summed E-state index contributed by atoms with van der Waals surface area (Å²) in [5, 5.41) is 54.5. The average Bonchev–Trinajstić information content (AvgIpc) is 3.42. The first-order valence-electron chi connectivity index (χ1n) is 32.9. The molecule has 1 amide bonds. The van der Waals surface area contributed by atoms with Gasteiger partial charge in [0.05, 0.1) is 25.4 Å². The monoisotopic (exact) mass is 1070 g/mol. The molecule has 0 aromatic rings. The lowest BCUT2D eigenvalue weighted by atomic mass is 9.99. The van der Waals surface area contributed by atoms with Crippen LogP contribution in [0.1, 0.15) is 316 Å². The molecule has 9 heteroatoms. The zero-order valence-corrected chi connectivity index (χ0v) is 49.8. The van der Waals surface area contributed by atoms with Crippen molar-refractivity contribution in [2.45, 2.75) is 358 Å². The minimum Gasteiger partial charge on any atom is -0.394 e. The summed E-state index contributed by atoms with van der Waals surface area (Å²) in [4.78, 5) is 13.1. The Balaban J connectivity index is 2.08. The van der Waals surface area contributed by atoms with Crippen LogP contribution in [0.4, 0.5) is 0 Å². The average molecular weight is 1070 g/mol. The maximum Gasteiger partial charge on any atom is 0.220 e. The first kappa shape index (κ1) is 72.2. The number of hydrogen-bond acceptors (Lipinski definition) is 8. The van der Waals surface area contributed by atoms with E-state index >= 15 is 0 Å². The van der Waals surface area contributed by atoms with E-state index in [1.165, 1.54) is 244 Å². The number of rotatable bonds is 57. The van der Waals surface area contributed by atoms with Gasteiger partial charge in [-0.25, -0.2) is 0 Å². The zero-order chi connectivity index (χ0) is 55.0. The number of aliphatic hydroxyl groups is 5. The Hall–Kier alpha value is -1.85. The lowest BCUT2D eigenvalue weighted by Gasteiger charge is -2.40. The molecule has 0 aromatic carbocycles. The van der Waals surface area contributed by atoms with E-state index in [1.807, 2.05) is 6.08 Å². The van der Waals surface area contributed by atoms with Crippen LogP contribution < -0.4 is 5.32 Å². The molecule has 1 rings (SSSR count). The Kier molecular flexibility index (Phi) is 53.6. The van der Waals surface area contributed by atoms with Gasteiger partial charge in [0.15, 0.2) is 6.29 Å². The summed E-state index contributed by atoms with van der Waals surface area (Å²) in [5.41, 5.74) is 0. The molecule has 1 heterocycles. The molecule has 446 valence electrons. The fourth-order valence-electron chi connectivity index (χ4n) is 10.4. The second-order valence-electron chi connectivity index (χ2n) is 22.9. The van der Waals surface area contributed by atoms with E-state index in [1.54, 1.807) is 6.08 Å². The maximum atomic E-state index is 13.1. The van der Waals surface area contributed by atoms with Gasteiger partial charge in [0.2, 0.25) is 5.91 Å². The number of hydrogen-bond donors (Lipinski definition) is 6. The summed E-state index contributed by atoms with van der Waals surface area (Å²) >= 11 is 0. The van der Waals surface area contributed by atoms with Crippen LogP contribution in [0.3, 0.4) is 0 Å². The molecule has 9 nitrogen and oxygen atoms in total. The molecule has 6 N–H and O–H groups in total. The van der Waals surface area contributed by atoms with Crippen LogP contribution in [-0.2, 0) is 14.3 Å². The first-order valence-corrected chi connectivity index (χ1v) is 32.9. The second-order valence-corrected chi connectivity index (χ2v) is 22.9. The Morgan fingerprint density at radius 1 is 0.434 bits per heavy atom. The Morgan fingerprint density at radius 3 is 1.11 bits per heavy atom. The van der Waals surface area contributed by atoms with Crippen LogP contribution >= 0.6 is 0 Å². The van der Waals surface area contributed by atoms with Crippen molar-refractivity contribution < 1.29 is 39.8 Å². The van der Waals surface area contributed by atoms with Crippen LogP contribution in [0.5, 0.6) is 0 Å². The number of unbranched alkanes of at least 4 members (excludes halogenated alkanes) is 41. The Morgan fingerprint density at radius 2 is 0.750 bits per heavy atom. The molecule has 76 heavy (non-hydrogen) atoms. The van der Waals surface area contributed by atoms with Crippen molar-refractivity contribution in [1.82, 2.24) is 5.32 Å². The third-order valence-electron chi connectivity index (χ3n) is 15.6. The first-order chi connectivity index (χ1) is 37.3. The molecular weight excluding hydrogens is 947 g/mol. The van der Waals surface area contributed by atoms with E-state index in [0.29, 0.717) is 6.42 Å². The highest BCUT2D eigenvalue weighted by Gasteiger charge is 2.44. The second kappa shape index (κ2) is 56.4. The lowest BCUT2D eigenvalue weighted by molar-refractivity contribution is -0.302. The van der Waals surface area contributed by atoms with Gasteiger partial charge in [0.1, 0.15) is 24.4 Å². The van der Waals surface area contributed by atoms with E-state index in [2.05, 4.69) is 55.6 Å². The highest BCUT2D eigenvalue weighted by atomic mass is 16.7. The zero-order valence-electron chi connectivity index (χ0n) is 49.8. The molecule has 0 radical (unpaired) electrons.